The van der Waals surface area contributed by atoms with Crippen LogP contribution in [0.25, 0.3) is 0 Å². The summed E-state index contributed by atoms with van der Waals surface area (Å²) in [7, 11) is 3.20. The van der Waals surface area contributed by atoms with Crippen molar-refractivity contribution in [2.75, 3.05) is 20.0 Å². The van der Waals surface area contributed by atoms with Gasteiger partial charge in [0.2, 0.25) is 0 Å². The van der Waals surface area contributed by atoms with Crippen molar-refractivity contribution in [3.8, 4) is 11.5 Å². The first-order valence-corrected chi connectivity index (χ1v) is 8.19. The van der Waals surface area contributed by atoms with Gasteiger partial charge in [-0.05, 0) is 42.0 Å². The Labute approximate surface area is 137 Å². The van der Waals surface area contributed by atoms with Crippen LogP contribution in [0.2, 0.25) is 0 Å². The molecule has 2 aromatic rings. The van der Waals surface area contributed by atoms with Gasteiger partial charge in [-0.1, -0.05) is 15.9 Å². The topological polar surface area (TPSA) is 38.7 Å². The first kappa shape index (κ1) is 16.2. The summed E-state index contributed by atoms with van der Waals surface area (Å²) in [6, 6.07) is 13.5. The van der Waals surface area contributed by atoms with Crippen molar-refractivity contribution in [3.63, 3.8) is 0 Å². The van der Waals surface area contributed by atoms with E-state index in [1.807, 2.05) is 36.4 Å². The number of hydrogen-bond donors (Lipinski definition) is 1. The van der Waals surface area contributed by atoms with E-state index < -0.39 is 6.10 Å². The highest BCUT2D eigenvalue weighted by atomic mass is 79.9. The Morgan fingerprint density at radius 3 is 2.14 bits per heavy atom. The average Bonchev–Trinajstić information content (AvgIpc) is 2.53. The minimum absolute atomic E-state index is 0.567. The fourth-order valence-corrected chi connectivity index (χ4v) is 2.96. The Bertz CT molecular complexity index is 564. The van der Waals surface area contributed by atoms with Crippen LogP contribution in [-0.4, -0.2) is 25.1 Å². The maximum atomic E-state index is 10.3. The lowest BCUT2D eigenvalue weighted by molar-refractivity contribution is 0.203. The smallest absolute Gasteiger partial charge is 0.122 e. The zero-order valence-corrected chi connectivity index (χ0v) is 14.3. The minimum atomic E-state index is -0.581. The van der Waals surface area contributed by atoms with E-state index in [2.05, 4.69) is 15.9 Å². The molecule has 0 radical (unpaired) electrons. The largest absolute Gasteiger partial charge is 0.497 e. The fraction of sp³-hybridized carbons (Fsp3) is 0.250. The van der Waals surface area contributed by atoms with Gasteiger partial charge < -0.3 is 14.6 Å². The van der Waals surface area contributed by atoms with Gasteiger partial charge in [-0.3, -0.25) is 0 Å². The van der Waals surface area contributed by atoms with Crippen LogP contribution in [-0.2, 0) is 0 Å². The molecule has 1 unspecified atom stereocenters. The average molecular weight is 369 g/mol. The first-order chi connectivity index (χ1) is 10.1. The summed E-state index contributed by atoms with van der Waals surface area (Å²) in [6.45, 7) is 0. The third-order valence-corrected chi connectivity index (χ3v) is 4.60. The second-order valence-corrected chi connectivity index (χ2v) is 6.44. The molecule has 1 atom stereocenters. The number of hydrogen-bond acceptors (Lipinski definition) is 4. The summed E-state index contributed by atoms with van der Waals surface area (Å²) in [5.41, 5.74) is 0.788. The molecule has 0 aliphatic heterocycles. The van der Waals surface area contributed by atoms with E-state index in [0.717, 1.165) is 14.9 Å². The third kappa shape index (κ3) is 4.66. The van der Waals surface area contributed by atoms with E-state index >= 15 is 0 Å². The van der Waals surface area contributed by atoms with Crippen LogP contribution < -0.4 is 9.47 Å². The standard InChI is InChI=1S/C16H17BrO3S/c1-19-13-7-11(8-14(9-13)20-2)16(18)10-21-15-5-3-12(17)4-6-15/h3-9,16,18H,10H2,1-2H3. The quantitative estimate of drug-likeness (QED) is 0.771. The van der Waals surface area contributed by atoms with Gasteiger partial charge in [-0.25, -0.2) is 0 Å². The highest BCUT2D eigenvalue weighted by molar-refractivity contribution is 9.10. The van der Waals surface area contributed by atoms with Crippen LogP contribution >= 0.6 is 27.7 Å². The molecule has 5 heteroatoms. The number of thioether (sulfide) groups is 1. The molecule has 0 heterocycles. The van der Waals surface area contributed by atoms with E-state index in [1.165, 1.54) is 0 Å². The SMILES string of the molecule is COc1cc(OC)cc(C(O)CSc2ccc(Br)cc2)c1. The maximum Gasteiger partial charge on any atom is 0.122 e. The molecule has 112 valence electrons. The molecule has 2 rings (SSSR count). The molecule has 0 saturated carbocycles. The maximum absolute atomic E-state index is 10.3. The van der Waals surface area contributed by atoms with Gasteiger partial charge in [0.25, 0.3) is 0 Å². The van der Waals surface area contributed by atoms with Crippen molar-refractivity contribution in [2.24, 2.45) is 0 Å². The zero-order valence-electron chi connectivity index (χ0n) is 11.9. The lowest BCUT2D eigenvalue weighted by Crippen LogP contribution is -2.02. The predicted octanol–water partition coefficient (Wildman–Crippen LogP) is 4.29. The van der Waals surface area contributed by atoms with E-state index in [1.54, 1.807) is 32.0 Å². The highest BCUT2D eigenvalue weighted by Crippen LogP contribution is 2.30. The second-order valence-electron chi connectivity index (χ2n) is 4.43. The second kappa shape index (κ2) is 7.73. The van der Waals surface area contributed by atoms with Gasteiger partial charge in [0.15, 0.2) is 0 Å². The minimum Gasteiger partial charge on any atom is -0.497 e. The number of aliphatic hydroxyl groups is 1. The van der Waals surface area contributed by atoms with Crippen LogP contribution in [0.5, 0.6) is 11.5 Å². The van der Waals surface area contributed by atoms with Gasteiger partial charge in [0, 0.05) is 21.2 Å². The van der Waals surface area contributed by atoms with Crippen molar-refractivity contribution < 1.29 is 14.6 Å². The molecular weight excluding hydrogens is 352 g/mol. The highest BCUT2D eigenvalue weighted by Gasteiger charge is 2.11. The van der Waals surface area contributed by atoms with Gasteiger partial charge in [-0.15, -0.1) is 11.8 Å². The molecule has 21 heavy (non-hydrogen) atoms. The van der Waals surface area contributed by atoms with Gasteiger partial charge >= 0.3 is 0 Å². The Balaban J connectivity index is 2.05. The number of aliphatic hydroxyl groups excluding tert-OH is 1. The Kier molecular flexibility index (Phi) is 5.96. The van der Waals surface area contributed by atoms with E-state index in [0.29, 0.717) is 17.3 Å². The fourth-order valence-electron chi connectivity index (χ4n) is 1.82. The summed E-state index contributed by atoms with van der Waals surface area (Å²) in [4.78, 5) is 1.12. The number of methoxy groups -OCH3 is 2. The normalized spacial score (nSPS) is 12.0. The Morgan fingerprint density at radius 1 is 1.05 bits per heavy atom. The molecule has 0 bridgehead atoms. The number of halogens is 1. The van der Waals surface area contributed by atoms with E-state index in [9.17, 15) is 5.11 Å². The first-order valence-electron chi connectivity index (χ1n) is 6.42. The number of rotatable bonds is 6. The molecular formula is C16H17BrO3S. The zero-order chi connectivity index (χ0) is 15.2. The number of ether oxygens (including phenoxy) is 2. The molecule has 0 aliphatic carbocycles. The molecule has 2 aromatic carbocycles. The Morgan fingerprint density at radius 2 is 1.62 bits per heavy atom. The summed E-state index contributed by atoms with van der Waals surface area (Å²) < 4.78 is 11.5. The molecule has 0 saturated heterocycles. The summed E-state index contributed by atoms with van der Waals surface area (Å²) in [5, 5.41) is 10.3. The molecule has 1 N–H and O–H groups in total. The third-order valence-electron chi connectivity index (χ3n) is 2.98. The van der Waals surface area contributed by atoms with Crippen molar-refractivity contribution >= 4 is 27.7 Å². The van der Waals surface area contributed by atoms with Crippen molar-refractivity contribution in [3.05, 3.63) is 52.5 Å². The molecule has 0 aliphatic rings. The summed E-state index contributed by atoms with van der Waals surface area (Å²) >= 11 is 5.01. The van der Waals surface area contributed by atoms with Crippen LogP contribution in [0.4, 0.5) is 0 Å². The van der Waals surface area contributed by atoms with Crippen molar-refractivity contribution in [2.45, 2.75) is 11.0 Å². The van der Waals surface area contributed by atoms with E-state index in [4.69, 9.17) is 9.47 Å². The van der Waals surface area contributed by atoms with Crippen LogP contribution in [0.3, 0.4) is 0 Å². The molecule has 0 amide bonds. The Hall–Kier alpha value is -1.17. The van der Waals surface area contributed by atoms with Gasteiger partial charge in [0.05, 0.1) is 20.3 Å². The molecule has 3 nitrogen and oxygen atoms in total. The predicted molar refractivity (Wildman–Crippen MR) is 89.4 cm³/mol. The summed E-state index contributed by atoms with van der Waals surface area (Å²) in [6.07, 6.45) is -0.581. The van der Waals surface area contributed by atoms with Crippen molar-refractivity contribution in [1.82, 2.24) is 0 Å². The van der Waals surface area contributed by atoms with Crippen LogP contribution in [0.1, 0.15) is 11.7 Å². The lowest BCUT2D eigenvalue weighted by atomic mass is 10.1. The monoisotopic (exact) mass is 368 g/mol. The molecule has 0 fully saturated rings. The van der Waals surface area contributed by atoms with Gasteiger partial charge in [-0.2, -0.15) is 0 Å². The number of benzene rings is 2. The molecule has 0 spiro atoms. The summed E-state index contributed by atoms with van der Waals surface area (Å²) in [5.74, 6) is 1.92. The van der Waals surface area contributed by atoms with Gasteiger partial charge in [0.1, 0.15) is 11.5 Å². The molecule has 0 aromatic heterocycles. The van der Waals surface area contributed by atoms with E-state index in [-0.39, 0.29) is 0 Å². The van der Waals surface area contributed by atoms with Crippen LogP contribution in [0, 0.1) is 0 Å². The van der Waals surface area contributed by atoms with Crippen LogP contribution in [0.15, 0.2) is 51.8 Å². The lowest BCUT2D eigenvalue weighted by Gasteiger charge is -2.14. The van der Waals surface area contributed by atoms with Crippen molar-refractivity contribution in [1.29, 1.82) is 0 Å².